The molecule has 0 fully saturated rings. The van der Waals surface area contributed by atoms with Gasteiger partial charge < -0.3 is 15.0 Å². The molecule has 4 nitrogen and oxygen atoms in total. The third-order valence-electron chi connectivity index (χ3n) is 3.53. The molecule has 1 N–H and O–H groups in total. The van der Waals surface area contributed by atoms with Gasteiger partial charge in [-0.25, -0.2) is 0 Å². The summed E-state index contributed by atoms with van der Waals surface area (Å²) in [6.45, 7) is 2.59. The van der Waals surface area contributed by atoms with Crippen LogP contribution in [0.5, 0.6) is 5.75 Å². The van der Waals surface area contributed by atoms with Gasteiger partial charge >= 0.3 is 0 Å². The largest absolute Gasteiger partial charge is 0.482 e. The van der Waals surface area contributed by atoms with Crippen molar-refractivity contribution in [1.82, 2.24) is 10.2 Å². The van der Waals surface area contributed by atoms with E-state index in [0.717, 1.165) is 11.1 Å². The summed E-state index contributed by atoms with van der Waals surface area (Å²) in [5.74, 6) is 0.346. The predicted octanol–water partition coefficient (Wildman–Crippen LogP) is 3.45. The van der Waals surface area contributed by atoms with Crippen LogP contribution in [0.4, 0.5) is 0 Å². The molecule has 128 valence electrons. The van der Waals surface area contributed by atoms with Gasteiger partial charge in [-0.3, -0.25) is 4.79 Å². The van der Waals surface area contributed by atoms with Crippen LogP contribution in [-0.4, -0.2) is 38.1 Å². The summed E-state index contributed by atoms with van der Waals surface area (Å²) in [5, 5.41) is 3.52. The van der Waals surface area contributed by atoms with Crippen molar-refractivity contribution < 1.29 is 9.53 Å². The highest BCUT2D eigenvalue weighted by atomic mass is 35.5. The zero-order valence-corrected chi connectivity index (χ0v) is 15.0. The summed E-state index contributed by atoms with van der Waals surface area (Å²) in [4.78, 5) is 14.3. The number of aryl methyl sites for hydroxylation is 1. The van der Waals surface area contributed by atoms with Gasteiger partial charge in [0.1, 0.15) is 5.75 Å². The fraction of sp³-hybridized carbons (Fsp3) is 0.316. The number of halogens is 1. The lowest BCUT2D eigenvalue weighted by molar-refractivity contribution is -0.123. The average molecular weight is 347 g/mol. The molecule has 0 bridgehead atoms. The second-order valence-corrected chi connectivity index (χ2v) is 6.42. The van der Waals surface area contributed by atoms with Crippen molar-refractivity contribution in [2.75, 3.05) is 27.2 Å². The number of benzene rings is 2. The van der Waals surface area contributed by atoms with E-state index >= 15 is 0 Å². The summed E-state index contributed by atoms with van der Waals surface area (Å²) in [6, 6.07) is 15.3. The summed E-state index contributed by atoms with van der Waals surface area (Å²) in [5.41, 5.74) is 2.10. The van der Waals surface area contributed by atoms with Gasteiger partial charge in [-0.15, -0.1) is 0 Å². The van der Waals surface area contributed by atoms with E-state index in [9.17, 15) is 4.79 Å². The number of nitrogens with one attached hydrogen (secondary N) is 1. The highest BCUT2D eigenvalue weighted by molar-refractivity contribution is 6.32. The Morgan fingerprint density at radius 1 is 1.21 bits per heavy atom. The second kappa shape index (κ2) is 8.71. The first kappa shape index (κ1) is 18.3. The minimum atomic E-state index is -0.178. The van der Waals surface area contributed by atoms with Crippen molar-refractivity contribution in [1.29, 1.82) is 0 Å². The Morgan fingerprint density at radius 2 is 1.92 bits per heavy atom. The number of nitrogens with zero attached hydrogens (tertiary/aromatic N) is 1. The molecule has 0 unspecified atom stereocenters. The van der Waals surface area contributed by atoms with Gasteiger partial charge in [-0.1, -0.05) is 48.0 Å². The number of hydrogen-bond acceptors (Lipinski definition) is 3. The molecule has 2 rings (SSSR count). The van der Waals surface area contributed by atoms with Gasteiger partial charge in [-0.05, 0) is 44.3 Å². The molecule has 0 aromatic heterocycles. The Labute approximate surface area is 148 Å². The number of carbonyl (C=O) groups is 1. The Bertz CT molecular complexity index is 674. The van der Waals surface area contributed by atoms with E-state index in [4.69, 9.17) is 16.3 Å². The van der Waals surface area contributed by atoms with E-state index in [1.165, 1.54) is 0 Å². The standard InChI is InChI=1S/C19H23ClN2O2/c1-14-9-10-16(20)18(11-14)24-13-19(23)21-17(12-22(2)3)15-7-5-4-6-8-15/h4-11,17H,12-13H2,1-3H3,(H,21,23)/t17-/m1/s1. The molecule has 0 heterocycles. The molecule has 2 aromatic rings. The van der Waals surface area contributed by atoms with Crippen LogP contribution in [0.1, 0.15) is 17.2 Å². The molecule has 2 aromatic carbocycles. The average Bonchev–Trinajstić information content (AvgIpc) is 2.55. The van der Waals surface area contributed by atoms with Gasteiger partial charge in [0.25, 0.3) is 5.91 Å². The topological polar surface area (TPSA) is 41.6 Å². The zero-order chi connectivity index (χ0) is 17.5. The van der Waals surface area contributed by atoms with Crippen molar-refractivity contribution in [3.8, 4) is 5.75 Å². The molecule has 0 aliphatic carbocycles. The van der Waals surface area contributed by atoms with E-state index in [1.807, 2.05) is 68.4 Å². The smallest absolute Gasteiger partial charge is 0.258 e. The highest BCUT2D eigenvalue weighted by Crippen LogP contribution is 2.25. The fourth-order valence-corrected chi connectivity index (χ4v) is 2.56. The molecule has 5 heteroatoms. The van der Waals surface area contributed by atoms with E-state index in [-0.39, 0.29) is 18.6 Å². The first-order valence-electron chi connectivity index (χ1n) is 7.83. The molecule has 0 saturated heterocycles. The van der Waals surface area contributed by atoms with E-state index in [2.05, 4.69) is 5.32 Å². The van der Waals surface area contributed by atoms with Crippen LogP contribution < -0.4 is 10.1 Å². The molecule has 1 amide bonds. The van der Waals surface area contributed by atoms with Crippen LogP contribution in [0.3, 0.4) is 0 Å². The van der Waals surface area contributed by atoms with Crippen LogP contribution in [0, 0.1) is 6.92 Å². The predicted molar refractivity (Wildman–Crippen MR) is 97.6 cm³/mol. The highest BCUT2D eigenvalue weighted by Gasteiger charge is 2.16. The number of ether oxygens (including phenoxy) is 1. The van der Waals surface area contributed by atoms with Gasteiger partial charge in [-0.2, -0.15) is 0 Å². The molecule has 24 heavy (non-hydrogen) atoms. The lowest BCUT2D eigenvalue weighted by Gasteiger charge is -2.23. The monoisotopic (exact) mass is 346 g/mol. The van der Waals surface area contributed by atoms with Crippen LogP contribution in [-0.2, 0) is 4.79 Å². The van der Waals surface area contributed by atoms with Crippen LogP contribution in [0.2, 0.25) is 5.02 Å². The molecule has 0 spiro atoms. The molecular formula is C19H23ClN2O2. The normalized spacial score (nSPS) is 12.0. The van der Waals surface area contributed by atoms with Crippen LogP contribution in [0.25, 0.3) is 0 Å². The lowest BCUT2D eigenvalue weighted by atomic mass is 10.1. The van der Waals surface area contributed by atoms with Crippen molar-refractivity contribution in [3.05, 3.63) is 64.7 Å². The van der Waals surface area contributed by atoms with Crippen molar-refractivity contribution in [3.63, 3.8) is 0 Å². The summed E-state index contributed by atoms with van der Waals surface area (Å²) in [7, 11) is 3.95. The maximum atomic E-state index is 12.3. The van der Waals surface area contributed by atoms with Crippen LogP contribution >= 0.6 is 11.6 Å². The SMILES string of the molecule is Cc1ccc(Cl)c(OCC(=O)N[C@H](CN(C)C)c2ccccc2)c1. The van der Waals surface area contributed by atoms with Gasteiger partial charge in [0.05, 0.1) is 11.1 Å². The number of amides is 1. The van der Waals surface area contributed by atoms with E-state index < -0.39 is 0 Å². The minimum absolute atomic E-state index is 0.0695. The first-order chi connectivity index (χ1) is 11.5. The van der Waals surface area contributed by atoms with E-state index in [0.29, 0.717) is 17.3 Å². The van der Waals surface area contributed by atoms with Gasteiger partial charge in [0.2, 0.25) is 0 Å². The maximum Gasteiger partial charge on any atom is 0.258 e. The minimum Gasteiger partial charge on any atom is -0.482 e. The molecular weight excluding hydrogens is 324 g/mol. The third kappa shape index (κ3) is 5.55. The quantitative estimate of drug-likeness (QED) is 0.835. The van der Waals surface area contributed by atoms with Crippen molar-refractivity contribution in [2.45, 2.75) is 13.0 Å². The molecule has 0 radical (unpaired) electrons. The Morgan fingerprint density at radius 3 is 2.58 bits per heavy atom. The van der Waals surface area contributed by atoms with Crippen LogP contribution in [0.15, 0.2) is 48.5 Å². The Hall–Kier alpha value is -2.04. The number of rotatable bonds is 7. The zero-order valence-electron chi connectivity index (χ0n) is 14.3. The summed E-state index contributed by atoms with van der Waals surface area (Å²) < 4.78 is 5.56. The van der Waals surface area contributed by atoms with Crippen molar-refractivity contribution in [2.24, 2.45) is 0 Å². The Kier molecular flexibility index (Phi) is 6.64. The number of carbonyl (C=O) groups excluding carboxylic acids is 1. The van der Waals surface area contributed by atoms with E-state index in [1.54, 1.807) is 6.07 Å². The van der Waals surface area contributed by atoms with Gasteiger partial charge in [0, 0.05) is 6.54 Å². The number of hydrogen-bond donors (Lipinski definition) is 1. The molecule has 0 aliphatic heterocycles. The second-order valence-electron chi connectivity index (χ2n) is 6.02. The first-order valence-corrected chi connectivity index (χ1v) is 8.21. The Balaban J connectivity index is 1.99. The molecule has 0 saturated carbocycles. The lowest BCUT2D eigenvalue weighted by Crippen LogP contribution is -2.37. The van der Waals surface area contributed by atoms with Gasteiger partial charge in [0.15, 0.2) is 6.61 Å². The summed E-state index contributed by atoms with van der Waals surface area (Å²) in [6.07, 6.45) is 0. The fourth-order valence-electron chi connectivity index (χ4n) is 2.39. The maximum absolute atomic E-state index is 12.3. The summed E-state index contributed by atoms with van der Waals surface area (Å²) >= 11 is 6.09. The number of likely N-dealkylation sites (N-methyl/N-ethyl adjacent to an activating group) is 1. The van der Waals surface area contributed by atoms with Crippen molar-refractivity contribution >= 4 is 17.5 Å². The molecule has 1 atom stereocenters. The molecule has 0 aliphatic rings. The third-order valence-corrected chi connectivity index (χ3v) is 3.84.